The molecule has 7 nitrogen and oxygen atoms in total. The van der Waals surface area contributed by atoms with Crippen LogP contribution in [0.4, 0.5) is 5.82 Å². The zero-order valence-electron chi connectivity index (χ0n) is 12.7. The zero-order valence-corrected chi connectivity index (χ0v) is 12.7. The van der Waals surface area contributed by atoms with E-state index < -0.39 is 0 Å². The molecular formula is C15H18N6O. The van der Waals surface area contributed by atoms with Gasteiger partial charge in [-0.1, -0.05) is 0 Å². The van der Waals surface area contributed by atoms with Crippen LogP contribution in [-0.4, -0.2) is 38.2 Å². The summed E-state index contributed by atoms with van der Waals surface area (Å²) in [6.07, 6.45) is 5.39. The largest absolute Gasteiger partial charge is 0.383 e. The second kappa shape index (κ2) is 6.48. The van der Waals surface area contributed by atoms with Gasteiger partial charge in [-0.2, -0.15) is 0 Å². The van der Waals surface area contributed by atoms with Crippen molar-refractivity contribution in [2.75, 3.05) is 19.0 Å². The molecule has 3 aromatic heterocycles. The van der Waals surface area contributed by atoms with Crippen LogP contribution in [0.5, 0.6) is 0 Å². The Hall–Kier alpha value is -2.54. The summed E-state index contributed by atoms with van der Waals surface area (Å²) in [5.41, 5.74) is 1.77. The molecule has 0 bridgehead atoms. The molecule has 0 amide bonds. The van der Waals surface area contributed by atoms with Gasteiger partial charge >= 0.3 is 0 Å². The highest BCUT2D eigenvalue weighted by Gasteiger charge is 2.07. The Balaban J connectivity index is 1.81. The lowest BCUT2D eigenvalue weighted by Crippen LogP contribution is -2.11. The lowest BCUT2D eigenvalue weighted by molar-refractivity contribution is 0.186. The van der Waals surface area contributed by atoms with E-state index in [0.29, 0.717) is 24.6 Å². The van der Waals surface area contributed by atoms with Crippen LogP contribution < -0.4 is 5.32 Å². The van der Waals surface area contributed by atoms with Gasteiger partial charge in [0.15, 0.2) is 5.65 Å². The summed E-state index contributed by atoms with van der Waals surface area (Å²) in [5, 5.41) is 4.27. The van der Waals surface area contributed by atoms with E-state index in [1.165, 1.54) is 0 Å². The maximum atomic E-state index is 5.11. The van der Waals surface area contributed by atoms with Crippen molar-refractivity contribution in [1.82, 2.24) is 24.5 Å². The molecule has 0 atom stereocenters. The molecule has 114 valence electrons. The minimum Gasteiger partial charge on any atom is -0.383 e. The third kappa shape index (κ3) is 3.04. The second-order valence-corrected chi connectivity index (χ2v) is 4.92. The summed E-state index contributed by atoms with van der Waals surface area (Å²) in [6, 6.07) is 3.85. The highest BCUT2D eigenvalue weighted by atomic mass is 16.5. The van der Waals surface area contributed by atoms with Gasteiger partial charge in [0.1, 0.15) is 11.6 Å². The van der Waals surface area contributed by atoms with E-state index in [2.05, 4.69) is 29.8 Å². The molecule has 0 aliphatic carbocycles. The predicted octanol–water partition coefficient (Wildman–Crippen LogP) is 1.79. The van der Waals surface area contributed by atoms with Crippen molar-refractivity contribution in [2.45, 2.75) is 20.0 Å². The smallest absolute Gasteiger partial charge is 0.164 e. The van der Waals surface area contributed by atoms with Gasteiger partial charge in [0.05, 0.1) is 30.6 Å². The van der Waals surface area contributed by atoms with E-state index in [0.717, 1.165) is 23.4 Å². The standard InChI is InChI=1S/C15H18N6O/c1-11-19-14-13(4-3-5-17-14)15(20-11)18-9-12-8-16-10-21(12)6-7-22-2/h3-5,8,10H,6-7,9H2,1-2H3,(H,17,18,19,20). The molecule has 0 aromatic carbocycles. The van der Waals surface area contributed by atoms with Crippen LogP contribution in [0.2, 0.25) is 0 Å². The summed E-state index contributed by atoms with van der Waals surface area (Å²) in [6.45, 7) is 3.92. The molecule has 0 saturated carbocycles. The van der Waals surface area contributed by atoms with Crippen molar-refractivity contribution in [3.63, 3.8) is 0 Å². The zero-order chi connectivity index (χ0) is 15.4. The number of hydrogen-bond donors (Lipinski definition) is 1. The summed E-state index contributed by atoms with van der Waals surface area (Å²) in [7, 11) is 1.69. The van der Waals surface area contributed by atoms with Crippen LogP contribution in [0.3, 0.4) is 0 Å². The monoisotopic (exact) mass is 298 g/mol. The van der Waals surface area contributed by atoms with Crippen molar-refractivity contribution in [1.29, 1.82) is 0 Å². The normalized spacial score (nSPS) is 11.0. The predicted molar refractivity (Wildman–Crippen MR) is 83.5 cm³/mol. The SMILES string of the molecule is COCCn1cncc1CNc1nc(C)nc2ncccc12. The first-order valence-electron chi connectivity index (χ1n) is 7.09. The molecule has 0 aliphatic rings. The van der Waals surface area contributed by atoms with E-state index in [4.69, 9.17) is 4.74 Å². The van der Waals surface area contributed by atoms with Gasteiger partial charge in [-0.05, 0) is 19.1 Å². The van der Waals surface area contributed by atoms with Crippen molar-refractivity contribution >= 4 is 16.9 Å². The number of hydrogen-bond acceptors (Lipinski definition) is 6. The van der Waals surface area contributed by atoms with Crippen molar-refractivity contribution in [3.05, 3.63) is 42.4 Å². The molecule has 0 saturated heterocycles. The quantitative estimate of drug-likeness (QED) is 0.747. The summed E-state index contributed by atoms with van der Waals surface area (Å²) < 4.78 is 7.17. The summed E-state index contributed by atoms with van der Waals surface area (Å²) in [5.74, 6) is 1.48. The number of ether oxygens (including phenoxy) is 1. The molecule has 3 heterocycles. The van der Waals surface area contributed by atoms with E-state index >= 15 is 0 Å². The van der Waals surface area contributed by atoms with Crippen LogP contribution in [-0.2, 0) is 17.8 Å². The Bertz CT molecular complexity index is 770. The number of anilines is 1. The average molecular weight is 298 g/mol. The Morgan fingerprint density at radius 2 is 2.23 bits per heavy atom. The number of methoxy groups -OCH3 is 1. The number of nitrogens with zero attached hydrogens (tertiary/aromatic N) is 5. The van der Waals surface area contributed by atoms with Gasteiger partial charge in [0, 0.05) is 26.0 Å². The molecule has 0 spiro atoms. The van der Waals surface area contributed by atoms with E-state index in [-0.39, 0.29) is 0 Å². The fraction of sp³-hybridized carbons (Fsp3) is 0.333. The number of rotatable bonds is 6. The second-order valence-electron chi connectivity index (χ2n) is 4.92. The lowest BCUT2D eigenvalue weighted by Gasteiger charge is -2.11. The number of aromatic nitrogens is 5. The number of aryl methyl sites for hydroxylation is 1. The molecule has 22 heavy (non-hydrogen) atoms. The van der Waals surface area contributed by atoms with Gasteiger partial charge in [-0.25, -0.2) is 19.9 Å². The van der Waals surface area contributed by atoms with Crippen molar-refractivity contribution < 1.29 is 4.74 Å². The summed E-state index contributed by atoms with van der Waals surface area (Å²) >= 11 is 0. The molecule has 0 radical (unpaired) electrons. The van der Waals surface area contributed by atoms with Gasteiger partial charge < -0.3 is 14.6 Å². The third-order valence-corrected chi connectivity index (χ3v) is 3.35. The van der Waals surface area contributed by atoms with Crippen LogP contribution >= 0.6 is 0 Å². The molecular weight excluding hydrogens is 280 g/mol. The maximum Gasteiger partial charge on any atom is 0.164 e. The molecule has 0 unspecified atom stereocenters. The fourth-order valence-electron chi connectivity index (χ4n) is 2.27. The molecule has 0 aliphatic heterocycles. The first-order chi connectivity index (χ1) is 10.8. The van der Waals surface area contributed by atoms with Crippen LogP contribution in [0.25, 0.3) is 11.0 Å². The highest BCUT2D eigenvalue weighted by Crippen LogP contribution is 2.18. The number of pyridine rings is 1. The Kier molecular flexibility index (Phi) is 4.24. The first kappa shape index (κ1) is 14.4. The molecule has 0 fully saturated rings. The maximum absolute atomic E-state index is 5.11. The minimum atomic E-state index is 0.629. The van der Waals surface area contributed by atoms with E-state index in [1.807, 2.05) is 25.3 Å². The lowest BCUT2D eigenvalue weighted by atomic mass is 10.3. The Labute approximate surface area is 128 Å². The van der Waals surface area contributed by atoms with Crippen LogP contribution in [0.1, 0.15) is 11.5 Å². The van der Waals surface area contributed by atoms with Crippen molar-refractivity contribution in [2.24, 2.45) is 0 Å². The average Bonchev–Trinajstić information content (AvgIpc) is 2.97. The van der Waals surface area contributed by atoms with Gasteiger partial charge in [-0.15, -0.1) is 0 Å². The third-order valence-electron chi connectivity index (χ3n) is 3.35. The van der Waals surface area contributed by atoms with Gasteiger partial charge in [-0.3, -0.25) is 0 Å². The van der Waals surface area contributed by atoms with E-state index in [1.54, 1.807) is 19.6 Å². The first-order valence-corrected chi connectivity index (χ1v) is 7.09. The fourth-order valence-corrected chi connectivity index (χ4v) is 2.27. The number of fused-ring (bicyclic) bond motifs is 1. The summed E-state index contributed by atoms with van der Waals surface area (Å²) in [4.78, 5) is 17.3. The number of nitrogens with one attached hydrogen (secondary N) is 1. The van der Waals surface area contributed by atoms with Crippen molar-refractivity contribution in [3.8, 4) is 0 Å². The van der Waals surface area contributed by atoms with Crippen LogP contribution in [0.15, 0.2) is 30.9 Å². The molecule has 3 aromatic rings. The van der Waals surface area contributed by atoms with Gasteiger partial charge in [0.2, 0.25) is 0 Å². The van der Waals surface area contributed by atoms with Gasteiger partial charge in [0.25, 0.3) is 0 Å². The molecule has 7 heteroatoms. The number of imidazole rings is 1. The topological polar surface area (TPSA) is 77.8 Å². The molecule has 1 N–H and O–H groups in total. The van der Waals surface area contributed by atoms with Crippen LogP contribution in [0, 0.1) is 6.92 Å². The Morgan fingerprint density at radius 1 is 1.32 bits per heavy atom. The van der Waals surface area contributed by atoms with E-state index in [9.17, 15) is 0 Å². The Morgan fingerprint density at radius 3 is 3.09 bits per heavy atom. The molecule has 3 rings (SSSR count). The minimum absolute atomic E-state index is 0.629. The highest BCUT2D eigenvalue weighted by molar-refractivity contribution is 5.86.